The molecule has 0 fully saturated rings. The lowest BCUT2D eigenvalue weighted by molar-refractivity contribution is 0.0913. The van der Waals surface area contributed by atoms with E-state index in [2.05, 4.69) is 5.32 Å². The highest BCUT2D eigenvalue weighted by Crippen LogP contribution is 2.17. The molecule has 16 heavy (non-hydrogen) atoms. The predicted octanol–water partition coefficient (Wildman–Crippen LogP) is 1.89. The van der Waals surface area contributed by atoms with Crippen LogP contribution < -0.4 is 11.1 Å². The number of thioether (sulfide) groups is 1. The monoisotopic (exact) mass is 264 g/mol. The van der Waals surface area contributed by atoms with Crippen molar-refractivity contribution in [2.24, 2.45) is 5.73 Å². The van der Waals surface area contributed by atoms with Crippen molar-refractivity contribution in [2.45, 2.75) is 24.5 Å². The molecule has 1 amide bonds. The molecule has 0 saturated heterocycles. The second-order valence-electron chi connectivity index (χ2n) is 3.99. The Morgan fingerprint density at radius 2 is 2.19 bits per heavy atom. The van der Waals surface area contributed by atoms with Crippen LogP contribution in [-0.2, 0) is 0 Å². The number of furan rings is 1. The van der Waals surface area contributed by atoms with Crippen LogP contribution in [0.1, 0.15) is 24.4 Å². The van der Waals surface area contributed by atoms with E-state index >= 15 is 0 Å². The summed E-state index contributed by atoms with van der Waals surface area (Å²) < 4.78 is 5.27. The van der Waals surface area contributed by atoms with Crippen LogP contribution in [0.3, 0.4) is 0 Å². The van der Waals surface area contributed by atoms with Crippen molar-refractivity contribution in [3.05, 3.63) is 17.9 Å². The summed E-state index contributed by atoms with van der Waals surface area (Å²) >= 11 is 1.46. The van der Waals surface area contributed by atoms with Gasteiger partial charge in [0, 0.05) is 12.1 Å². The Balaban J connectivity index is 0.00000225. The first-order chi connectivity index (χ1) is 6.92. The number of nitrogens with one attached hydrogen (secondary N) is 1. The van der Waals surface area contributed by atoms with E-state index in [9.17, 15) is 4.79 Å². The minimum Gasteiger partial charge on any atom is -0.445 e. The first-order valence-corrected chi connectivity index (χ1v) is 5.86. The molecular formula is C10H17ClN2O2S. The molecule has 6 heteroatoms. The Hall–Kier alpha value is -0.650. The smallest absolute Gasteiger partial charge is 0.287 e. The highest BCUT2D eigenvalue weighted by Gasteiger charge is 2.15. The lowest BCUT2D eigenvalue weighted by atomic mass is 10.1. The number of halogens is 1. The van der Waals surface area contributed by atoms with Crippen LogP contribution in [0.25, 0.3) is 0 Å². The molecule has 1 heterocycles. The summed E-state index contributed by atoms with van der Waals surface area (Å²) in [5.41, 5.74) is 5.33. The Labute approximate surface area is 106 Å². The normalized spacial score (nSPS) is 10.8. The fourth-order valence-electron chi connectivity index (χ4n) is 0.947. The molecule has 0 aromatic carbocycles. The first kappa shape index (κ1) is 15.3. The summed E-state index contributed by atoms with van der Waals surface area (Å²) in [6.45, 7) is 4.12. The van der Waals surface area contributed by atoms with E-state index in [1.807, 2.05) is 20.1 Å². The Bertz CT molecular complexity index is 347. The number of hydrogen-bond donors (Lipinski definition) is 2. The maximum atomic E-state index is 11.6. The number of amides is 1. The Morgan fingerprint density at radius 3 is 2.62 bits per heavy atom. The molecule has 1 aromatic heterocycles. The van der Waals surface area contributed by atoms with Crippen molar-refractivity contribution < 1.29 is 9.21 Å². The average molecular weight is 265 g/mol. The van der Waals surface area contributed by atoms with Gasteiger partial charge in [0.05, 0.1) is 0 Å². The van der Waals surface area contributed by atoms with Gasteiger partial charge in [0.1, 0.15) is 0 Å². The van der Waals surface area contributed by atoms with Crippen molar-refractivity contribution in [2.75, 3.05) is 12.8 Å². The summed E-state index contributed by atoms with van der Waals surface area (Å²) in [5, 5.41) is 3.44. The van der Waals surface area contributed by atoms with E-state index in [1.54, 1.807) is 12.1 Å². The van der Waals surface area contributed by atoms with Gasteiger partial charge in [-0.05, 0) is 32.2 Å². The van der Waals surface area contributed by atoms with Crippen molar-refractivity contribution in [3.63, 3.8) is 0 Å². The van der Waals surface area contributed by atoms with Gasteiger partial charge in [-0.25, -0.2) is 0 Å². The van der Waals surface area contributed by atoms with Crippen LogP contribution in [0, 0.1) is 0 Å². The van der Waals surface area contributed by atoms with Gasteiger partial charge in [-0.15, -0.1) is 12.4 Å². The van der Waals surface area contributed by atoms with E-state index in [0.29, 0.717) is 12.3 Å². The standard InChI is InChI=1S/C10H16N2O2S.ClH/c1-10(2,11)6-12-9(13)7-4-5-8(14-7)15-3;/h4-5H,6,11H2,1-3H3,(H,12,13);1H. The van der Waals surface area contributed by atoms with Crippen molar-refractivity contribution in [1.82, 2.24) is 5.32 Å². The fourth-order valence-corrected chi connectivity index (χ4v) is 1.32. The van der Waals surface area contributed by atoms with Gasteiger partial charge in [-0.3, -0.25) is 4.79 Å². The average Bonchev–Trinajstić information content (AvgIpc) is 2.61. The predicted molar refractivity (Wildman–Crippen MR) is 68.3 cm³/mol. The van der Waals surface area contributed by atoms with Gasteiger partial charge in [0.25, 0.3) is 5.91 Å². The zero-order valence-electron chi connectivity index (χ0n) is 9.57. The van der Waals surface area contributed by atoms with Crippen molar-refractivity contribution >= 4 is 30.1 Å². The molecule has 0 atom stereocenters. The summed E-state index contributed by atoms with van der Waals surface area (Å²) in [4.78, 5) is 11.6. The largest absolute Gasteiger partial charge is 0.445 e. The molecule has 0 spiro atoms. The van der Waals surface area contributed by atoms with Crippen LogP contribution in [0.2, 0.25) is 0 Å². The van der Waals surface area contributed by atoms with Crippen LogP contribution in [0.4, 0.5) is 0 Å². The van der Waals surface area contributed by atoms with Gasteiger partial charge in [0.15, 0.2) is 10.9 Å². The molecule has 0 aliphatic rings. The third kappa shape index (κ3) is 4.92. The molecule has 1 rings (SSSR count). The van der Waals surface area contributed by atoms with Crippen LogP contribution >= 0.6 is 24.2 Å². The molecular weight excluding hydrogens is 248 g/mol. The van der Waals surface area contributed by atoms with E-state index in [1.165, 1.54) is 11.8 Å². The maximum absolute atomic E-state index is 11.6. The lowest BCUT2D eigenvalue weighted by Crippen LogP contribution is -2.45. The molecule has 0 radical (unpaired) electrons. The van der Waals surface area contributed by atoms with Crippen LogP contribution in [-0.4, -0.2) is 24.2 Å². The summed E-state index contributed by atoms with van der Waals surface area (Å²) in [6.07, 6.45) is 1.89. The minimum absolute atomic E-state index is 0. The Morgan fingerprint density at radius 1 is 1.56 bits per heavy atom. The van der Waals surface area contributed by atoms with Crippen LogP contribution in [0.5, 0.6) is 0 Å². The Kier molecular flexibility index (Phi) is 5.92. The number of hydrogen-bond acceptors (Lipinski definition) is 4. The molecule has 4 nitrogen and oxygen atoms in total. The summed E-state index contributed by atoms with van der Waals surface area (Å²) in [6, 6.07) is 3.43. The second-order valence-corrected chi connectivity index (χ2v) is 4.80. The van der Waals surface area contributed by atoms with Gasteiger partial charge < -0.3 is 15.5 Å². The van der Waals surface area contributed by atoms with E-state index < -0.39 is 5.54 Å². The quantitative estimate of drug-likeness (QED) is 0.815. The molecule has 1 aromatic rings. The fraction of sp³-hybridized carbons (Fsp3) is 0.500. The SMILES string of the molecule is CSc1ccc(C(=O)NCC(C)(C)N)o1.Cl. The molecule has 0 bridgehead atoms. The van der Waals surface area contributed by atoms with Gasteiger partial charge >= 0.3 is 0 Å². The molecule has 0 saturated carbocycles. The first-order valence-electron chi connectivity index (χ1n) is 4.63. The van der Waals surface area contributed by atoms with Crippen LogP contribution in [0.15, 0.2) is 21.6 Å². The van der Waals surface area contributed by atoms with Gasteiger partial charge in [-0.1, -0.05) is 11.8 Å². The molecule has 0 aliphatic carbocycles. The van der Waals surface area contributed by atoms with E-state index in [4.69, 9.17) is 10.2 Å². The number of rotatable bonds is 4. The number of carbonyl (C=O) groups is 1. The molecule has 0 aliphatic heterocycles. The lowest BCUT2D eigenvalue weighted by Gasteiger charge is -2.18. The third-order valence-corrected chi connectivity index (χ3v) is 2.33. The second kappa shape index (κ2) is 6.18. The highest BCUT2D eigenvalue weighted by atomic mass is 35.5. The van der Waals surface area contributed by atoms with Gasteiger partial charge in [0.2, 0.25) is 0 Å². The van der Waals surface area contributed by atoms with Crippen molar-refractivity contribution in [3.8, 4) is 0 Å². The zero-order chi connectivity index (χ0) is 11.5. The maximum Gasteiger partial charge on any atom is 0.287 e. The molecule has 0 unspecified atom stereocenters. The molecule has 92 valence electrons. The van der Waals surface area contributed by atoms with E-state index in [-0.39, 0.29) is 18.3 Å². The summed E-state index contributed by atoms with van der Waals surface area (Å²) in [5.74, 6) is 0.0948. The topological polar surface area (TPSA) is 68.3 Å². The number of carbonyl (C=O) groups excluding carboxylic acids is 1. The molecule has 3 N–H and O–H groups in total. The third-order valence-electron chi connectivity index (χ3n) is 1.71. The van der Waals surface area contributed by atoms with Gasteiger partial charge in [-0.2, -0.15) is 0 Å². The summed E-state index contributed by atoms with van der Waals surface area (Å²) in [7, 11) is 0. The van der Waals surface area contributed by atoms with E-state index in [0.717, 1.165) is 5.09 Å². The highest BCUT2D eigenvalue weighted by molar-refractivity contribution is 7.98. The zero-order valence-corrected chi connectivity index (χ0v) is 11.2. The minimum atomic E-state index is -0.412. The van der Waals surface area contributed by atoms with Crippen molar-refractivity contribution in [1.29, 1.82) is 0 Å². The number of nitrogens with two attached hydrogens (primary N) is 1.